The zero-order valence-corrected chi connectivity index (χ0v) is 13.3. The Morgan fingerprint density at radius 3 is 2.52 bits per heavy atom. The Morgan fingerprint density at radius 2 is 1.81 bits per heavy atom. The second kappa shape index (κ2) is 7.20. The predicted octanol–water partition coefficient (Wildman–Crippen LogP) is -1.000. The summed E-state index contributed by atoms with van der Waals surface area (Å²) in [5.41, 5.74) is 3.56. The summed E-state index contributed by atoms with van der Waals surface area (Å²) in [7, 11) is 5.90. The number of halogens is 1. The van der Waals surface area contributed by atoms with Gasteiger partial charge in [0, 0.05) is 5.56 Å². The average Bonchev–Trinajstić information content (AvgIpc) is 2.37. The van der Waals surface area contributed by atoms with Gasteiger partial charge < -0.3 is 16.9 Å². The molecule has 2 rings (SSSR count). The summed E-state index contributed by atoms with van der Waals surface area (Å²) in [5, 5.41) is 6.33. The third-order valence-electron chi connectivity index (χ3n) is 2.83. The number of carbonyl (C=O) groups is 1. The first kappa shape index (κ1) is 17.1. The molecule has 0 saturated heterocycles. The standard InChI is InChI=1S/C16H19N3O.ClH/c1-19(2,3)12-16(20)18-17-11-14-9-6-8-13-7-4-5-10-15(13)14;/h4-11H,12H2,1-3H3;1H/b17-11-;. The lowest BCUT2D eigenvalue weighted by Gasteiger charge is -2.21. The number of nitrogens with zero attached hydrogens (tertiary/aromatic N) is 2. The first-order valence-corrected chi connectivity index (χ1v) is 6.56. The molecule has 0 heterocycles. The summed E-state index contributed by atoms with van der Waals surface area (Å²) in [6.07, 6.45) is 1.69. The van der Waals surface area contributed by atoms with Crippen LogP contribution in [0, 0.1) is 0 Å². The van der Waals surface area contributed by atoms with E-state index in [1.807, 2.05) is 51.5 Å². The lowest BCUT2D eigenvalue weighted by Crippen LogP contribution is -3.00. The predicted molar refractivity (Wildman–Crippen MR) is 82.6 cm³/mol. The quantitative estimate of drug-likeness (QED) is 0.439. The zero-order chi connectivity index (χ0) is 14.6. The normalized spacial score (nSPS) is 11.4. The van der Waals surface area contributed by atoms with Gasteiger partial charge in [0.1, 0.15) is 0 Å². The highest BCUT2D eigenvalue weighted by molar-refractivity contribution is 5.99. The van der Waals surface area contributed by atoms with Crippen molar-refractivity contribution in [3.8, 4) is 0 Å². The molecule has 21 heavy (non-hydrogen) atoms. The van der Waals surface area contributed by atoms with Gasteiger partial charge in [-0.05, 0) is 10.8 Å². The topological polar surface area (TPSA) is 41.5 Å². The van der Waals surface area contributed by atoms with E-state index in [1.165, 1.54) is 0 Å². The van der Waals surface area contributed by atoms with Gasteiger partial charge in [0.05, 0.1) is 27.4 Å². The Bertz CT molecular complexity index is 642. The molecule has 1 N–H and O–H groups in total. The molecule has 0 aliphatic heterocycles. The van der Waals surface area contributed by atoms with Crippen LogP contribution < -0.4 is 17.8 Å². The lowest BCUT2D eigenvalue weighted by molar-refractivity contribution is -0.862. The Kier molecular flexibility index (Phi) is 5.88. The van der Waals surface area contributed by atoms with E-state index < -0.39 is 0 Å². The SMILES string of the molecule is C[N+](C)(C)CC(=O)N/N=C\c1cccc2ccccc12.[Cl-]. The van der Waals surface area contributed by atoms with E-state index in [1.54, 1.807) is 6.21 Å². The molecule has 112 valence electrons. The molecule has 0 aliphatic rings. The molecule has 0 unspecified atom stereocenters. The smallest absolute Gasteiger partial charge is 0.295 e. The summed E-state index contributed by atoms with van der Waals surface area (Å²) in [6.45, 7) is 0.396. The highest BCUT2D eigenvalue weighted by atomic mass is 35.5. The number of carbonyl (C=O) groups excluding carboxylic acids is 1. The van der Waals surface area contributed by atoms with Crippen LogP contribution in [0.4, 0.5) is 0 Å². The lowest BCUT2D eigenvalue weighted by atomic mass is 10.1. The average molecular weight is 306 g/mol. The minimum absolute atomic E-state index is 0. The van der Waals surface area contributed by atoms with Crippen molar-refractivity contribution in [3.05, 3.63) is 48.0 Å². The van der Waals surface area contributed by atoms with E-state index in [4.69, 9.17) is 0 Å². The van der Waals surface area contributed by atoms with Crippen LogP contribution in [-0.2, 0) is 4.79 Å². The van der Waals surface area contributed by atoms with Gasteiger partial charge in [0.15, 0.2) is 6.54 Å². The maximum atomic E-state index is 11.7. The first-order valence-electron chi connectivity index (χ1n) is 6.56. The van der Waals surface area contributed by atoms with Gasteiger partial charge in [-0.3, -0.25) is 4.79 Å². The molecular weight excluding hydrogens is 286 g/mol. The number of benzene rings is 2. The Hall–Kier alpha value is -1.91. The van der Waals surface area contributed by atoms with E-state index in [2.05, 4.69) is 22.7 Å². The van der Waals surface area contributed by atoms with Crippen LogP contribution >= 0.6 is 0 Å². The molecule has 0 atom stereocenters. The largest absolute Gasteiger partial charge is 1.00 e. The number of amides is 1. The molecule has 1 amide bonds. The summed E-state index contributed by atoms with van der Waals surface area (Å²) in [4.78, 5) is 11.7. The Labute approximate surface area is 131 Å². The molecule has 5 heteroatoms. The summed E-state index contributed by atoms with van der Waals surface area (Å²) < 4.78 is 0.579. The van der Waals surface area contributed by atoms with Gasteiger partial charge in [-0.15, -0.1) is 0 Å². The van der Waals surface area contributed by atoms with Crippen molar-refractivity contribution in [1.29, 1.82) is 0 Å². The minimum atomic E-state index is -0.0889. The van der Waals surface area contributed by atoms with Gasteiger partial charge in [0.2, 0.25) is 0 Å². The van der Waals surface area contributed by atoms with Gasteiger partial charge in [-0.25, -0.2) is 5.43 Å². The number of fused-ring (bicyclic) bond motifs is 1. The fourth-order valence-electron chi connectivity index (χ4n) is 2.00. The number of hydrogen-bond acceptors (Lipinski definition) is 2. The van der Waals surface area contributed by atoms with Gasteiger partial charge in [-0.2, -0.15) is 5.10 Å². The van der Waals surface area contributed by atoms with Crippen molar-refractivity contribution >= 4 is 22.9 Å². The van der Waals surface area contributed by atoms with Gasteiger partial charge in [-0.1, -0.05) is 42.5 Å². The van der Waals surface area contributed by atoms with Crippen LogP contribution in [-0.4, -0.2) is 44.3 Å². The molecule has 2 aromatic carbocycles. The highest BCUT2D eigenvalue weighted by Crippen LogP contribution is 2.16. The van der Waals surface area contributed by atoms with Crippen molar-refractivity contribution in [2.24, 2.45) is 5.10 Å². The van der Waals surface area contributed by atoms with Crippen LogP contribution in [0.15, 0.2) is 47.6 Å². The number of likely N-dealkylation sites (N-methyl/N-ethyl adjacent to an activating group) is 1. The number of quaternary nitrogens is 1. The summed E-state index contributed by atoms with van der Waals surface area (Å²) in [6, 6.07) is 14.1. The summed E-state index contributed by atoms with van der Waals surface area (Å²) >= 11 is 0. The molecule has 0 bridgehead atoms. The third kappa shape index (κ3) is 5.17. The Morgan fingerprint density at radius 1 is 1.14 bits per heavy atom. The molecule has 2 aromatic rings. The van der Waals surface area contributed by atoms with Crippen molar-refractivity contribution < 1.29 is 21.7 Å². The van der Waals surface area contributed by atoms with E-state index in [0.717, 1.165) is 16.3 Å². The second-order valence-corrected chi connectivity index (χ2v) is 5.81. The monoisotopic (exact) mass is 305 g/mol. The van der Waals surface area contributed by atoms with Crippen LogP contribution in [0.3, 0.4) is 0 Å². The second-order valence-electron chi connectivity index (χ2n) is 5.81. The maximum absolute atomic E-state index is 11.7. The molecule has 0 spiro atoms. The highest BCUT2D eigenvalue weighted by Gasteiger charge is 2.13. The van der Waals surface area contributed by atoms with Crippen molar-refractivity contribution in [2.45, 2.75) is 0 Å². The maximum Gasteiger partial charge on any atom is 0.295 e. The molecule has 0 aliphatic carbocycles. The number of nitrogens with one attached hydrogen (secondary N) is 1. The summed E-state index contributed by atoms with van der Waals surface area (Å²) in [5.74, 6) is -0.0889. The van der Waals surface area contributed by atoms with E-state index >= 15 is 0 Å². The van der Waals surface area contributed by atoms with E-state index in [0.29, 0.717) is 11.0 Å². The van der Waals surface area contributed by atoms with Crippen molar-refractivity contribution in [2.75, 3.05) is 27.7 Å². The third-order valence-corrected chi connectivity index (χ3v) is 2.83. The van der Waals surface area contributed by atoms with Gasteiger partial charge in [0.25, 0.3) is 5.91 Å². The molecule has 0 fully saturated rings. The molecule has 0 saturated carbocycles. The fourth-order valence-corrected chi connectivity index (χ4v) is 2.00. The minimum Gasteiger partial charge on any atom is -1.00 e. The number of hydrazone groups is 1. The molecule has 4 nitrogen and oxygen atoms in total. The number of hydrogen-bond donors (Lipinski definition) is 1. The molecular formula is C16H20ClN3O. The van der Waals surface area contributed by atoms with E-state index in [9.17, 15) is 4.79 Å². The van der Waals surface area contributed by atoms with Crippen LogP contribution in [0.2, 0.25) is 0 Å². The molecule has 0 radical (unpaired) electrons. The Balaban J connectivity index is 0.00000220. The zero-order valence-electron chi connectivity index (χ0n) is 12.5. The molecule has 0 aromatic heterocycles. The van der Waals surface area contributed by atoms with Crippen LogP contribution in [0.5, 0.6) is 0 Å². The van der Waals surface area contributed by atoms with Crippen molar-refractivity contribution in [3.63, 3.8) is 0 Å². The van der Waals surface area contributed by atoms with Crippen molar-refractivity contribution in [1.82, 2.24) is 5.43 Å². The van der Waals surface area contributed by atoms with Crippen LogP contribution in [0.1, 0.15) is 5.56 Å². The fraction of sp³-hybridized carbons (Fsp3) is 0.250. The van der Waals surface area contributed by atoms with Crippen LogP contribution in [0.25, 0.3) is 10.8 Å². The number of rotatable bonds is 4. The van der Waals surface area contributed by atoms with Gasteiger partial charge >= 0.3 is 0 Å². The first-order chi connectivity index (χ1) is 9.46. The van der Waals surface area contributed by atoms with E-state index in [-0.39, 0.29) is 18.3 Å².